The largest absolute Gasteiger partial charge is 0.497 e. The van der Waals surface area contributed by atoms with Gasteiger partial charge in [-0.05, 0) is 28.1 Å². The number of nitrogens with one attached hydrogen (secondary N) is 1. The molecule has 0 radical (unpaired) electrons. The number of aromatic nitrogens is 1. The van der Waals surface area contributed by atoms with Crippen molar-refractivity contribution in [2.75, 3.05) is 19.5 Å². The highest BCUT2D eigenvalue weighted by atomic mass is 79.9. The summed E-state index contributed by atoms with van der Waals surface area (Å²) in [5.41, 5.74) is 0.426. The zero-order valence-electron chi connectivity index (χ0n) is 10.3. The van der Waals surface area contributed by atoms with Crippen LogP contribution >= 0.6 is 27.3 Å². The SMILES string of the molecule is COc1ccc(C(=O)Nc2ncc(Br)s2)c(OC)c1. The lowest BCUT2D eigenvalue weighted by atomic mass is 10.2. The van der Waals surface area contributed by atoms with Gasteiger partial charge in [0.1, 0.15) is 11.5 Å². The van der Waals surface area contributed by atoms with Crippen molar-refractivity contribution in [2.45, 2.75) is 0 Å². The van der Waals surface area contributed by atoms with E-state index in [9.17, 15) is 4.79 Å². The van der Waals surface area contributed by atoms with E-state index in [0.717, 1.165) is 3.79 Å². The summed E-state index contributed by atoms with van der Waals surface area (Å²) in [6, 6.07) is 5.01. The molecule has 7 heteroatoms. The second-order valence-electron chi connectivity index (χ2n) is 3.49. The molecule has 0 bridgehead atoms. The van der Waals surface area contributed by atoms with Gasteiger partial charge in [-0.15, -0.1) is 0 Å². The molecule has 5 nitrogen and oxygen atoms in total. The molecule has 1 aromatic heterocycles. The summed E-state index contributed by atoms with van der Waals surface area (Å²) in [6.07, 6.45) is 1.63. The van der Waals surface area contributed by atoms with Gasteiger partial charge < -0.3 is 9.47 Å². The maximum atomic E-state index is 12.1. The summed E-state index contributed by atoms with van der Waals surface area (Å²) in [5.74, 6) is 0.805. The highest BCUT2D eigenvalue weighted by molar-refractivity contribution is 9.11. The van der Waals surface area contributed by atoms with Crippen LogP contribution in [0.15, 0.2) is 28.2 Å². The summed E-state index contributed by atoms with van der Waals surface area (Å²) in [6.45, 7) is 0. The van der Waals surface area contributed by atoms with Gasteiger partial charge in [0.2, 0.25) is 0 Å². The Morgan fingerprint density at radius 2 is 2.16 bits per heavy atom. The maximum Gasteiger partial charge on any atom is 0.261 e. The predicted octanol–water partition coefficient (Wildman–Crippen LogP) is 3.18. The molecule has 0 fully saturated rings. The summed E-state index contributed by atoms with van der Waals surface area (Å²) in [4.78, 5) is 16.2. The van der Waals surface area contributed by atoms with Crippen molar-refractivity contribution in [1.29, 1.82) is 0 Å². The average Bonchev–Trinajstić information content (AvgIpc) is 2.83. The average molecular weight is 343 g/mol. The van der Waals surface area contributed by atoms with Gasteiger partial charge in [-0.25, -0.2) is 4.98 Å². The molecule has 0 unspecified atom stereocenters. The Kier molecular flexibility index (Phi) is 4.39. The van der Waals surface area contributed by atoms with Gasteiger partial charge in [0.05, 0.1) is 29.8 Å². The second kappa shape index (κ2) is 6.03. The van der Waals surface area contributed by atoms with Crippen molar-refractivity contribution in [3.05, 3.63) is 33.7 Å². The number of carbonyl (C=O) groups excluding carboxylic acids is 1. The molecule has 0 saturated heterocycles. The Labute approximate surface area is 122 Å². The van der Waals surface area contributed by atoms with Crippen LogP contribution in [0.5, 0.6) is 11.5 Å². The Hall–Kier alpha value is -1.60. The Morgan fingerprint density at radius 1 is 1.37 bits per heavy atom. The number of hydrogen-bond donors (Lipinski definition) is 1. The molecule has 0 atom stereocenters. The molecule has 0 aliphatic heterocycles. The number of hydrogen-bond acceptors (Lipinski definition) is 5. The lowest BCUT2D eigenvalue weighted by molar-refractivity contribution is 0.102. The fourth-order valence-electron chi connectivity index (χ4n) is 1.46. The van der Waals surface area contributed by atoms with E-state index in [4.69, 9.17) is 9.47 Å². The molecule has 0 spiro atoms. The summed E-state index contributed by atoms with van der Waals surface area (Å²) < 4.78 is 11.1. The number of methoxy groups -OCH3 is 2. The standard InChI is InChI=1S/C12H11BrN2O3S/c1-17-7-3-4-8(9(5-7)18-2)11(16)15-12-14-6-10(13)19-12/h3-6H,1-2H3,(H,14,15,16). The first-order valence-electron chi connectivity index (χ1n) is 5.28. The van der Waals surface area contributed by atoms with Crippen LogP contribution < -0.4 is 14.8 Å². The van der Waals surface area contributed by atoms with Crippen LogP contribution in [0, 0.1) is 0 Å². The molecular weight excluding hydrogens is 332 g/mol. The second-order valence-corrected chi connectivity index (χ2v) is 5.90. The Morgan fingerprint density at radius 3 is 2.74 bits per heavy atom. The van der Waals surface area contributed by atoms with E-state index in [0.29, 0.717) is 22.2 Å². The minimum atomic E-state index is -0.277. The van der Waals surface area contributed by atoms with E-state index in [1.54, 1.807) is 31.5 Å². The zero-order valence-corrected chi connectivity index (χ0v) is 12.7. The number of anilines is 1. The van der Waals surface area contributed by atoms with Crippen LogP contribution in [-0.2, 0) is 0 Å². The fourth-order valence-corrected chi connectivity index (χ4v) is 2.56. The molecular formula is C12H11BrN2O3S. The van der Waals surface area contributed by atoms with Crippen LogP contribution in [0.1, 0.15) is 10.4 Å². The van der Waals surface area contributed by atoms with Gasteiger partial charge in [-0.1, -0.05) is 11.3 Å². The number of nitrogens with zero attached hydrogens (tertiary/aromatic N) is 1. The number of halogens is 1. The molecule has 2 aromatic rings. The quantitative estimate of drug-likeness (QED) is 0.926. The number of amides is 1. The molecule has 0 aliphatic rings. The van der Waals surface area contributed by atoms with Gasteiger partial charge in [0, 0.05) is 6.07 Å². The van der Waals surface area contributed by atoms with E-state index < -0.39 is 0 Å². The monoisotopic (exact) mass is 342 g/mol. The molecule has 1 N–H and O–H groups in total. The first-order chi connectivity index (χ1) is 9.13. The van der Waals surface area contributed by atoms with Crippen LogP contribution in [0.4, 0.5) is 5.13 Å². The van der Waals surface area contributed by atoms with Gasteiger partial charge in [0.15, 0.2) is 5.13 Å². The zero-order chi connectivity index (χ0) is 13.8. The van der Waals surface area contributed by atoms with Crippen molar-refractivity contribution >= 4 is 38.3 Å². The van der Waals surface area contributed by atoms with E-state index in [2.05, 4.69) is 26.2 Å². The number of benzene rings is 1. The molecule has 1 amide bonds. The van der Waals surface area contributed by atoms with Crippen molar-refractivity contribution < 1.29 is 14.3 Å². The smallest absolute Gasteiger partial charge is 0.261 e. The molecule has 19 heavy (non-hydrogen) atoms. The summed E-state index contributed by atoms with van der Waals surface area (Å²) in [5, 5.41) is 3.23. The highest BCUT2D eigenvalue weighted by Gasteiger charge is 2.14. The number of thiazole rings is 1. The predicted molar refractivity (Wildman–Crippen MR) is 77.3 cm³/mol. The normalized spacial score (nSPS) is 10.1. The van der Waals surface area contributed by atoms with E-state index in [1.165, 1.54) is 18.4 Å². The van der Waals surface area contributed by atoms with Crippen molar-refractivity contribution in [3.8, 4) is 11.5 Å². The topological polar surface area (TPSA) is 60.5 Å². The van der Waals surface area contributed by atoms with Crippen LogP contribution in [0.3, 0.4) is 0 Å². The van der Waals surface area contributed by atoms with Gasteiger partial charge in [-0.2, -0.15) is 0 Å². The number of ether oxygens (including phenoxy) is 2. The lowest BCUT2D eigenvalue weighted by Gasteiger charge is -2.09. The fraction of sp³-hybridized carbons (Fsp3) is 0.167. The molecule has 0 saturated carbocycles. The van der Waals surface area contributed by atoms with E-state index in [1.807, 2.05) is 0 Å². The first kappa shape index (κ1) is 13.8. The molecule has 100 valence electrons. The van der Waals surface area contributed by atoms with Crippen LogP contribution in [0.2, 0.25) is 0 Å². The van der Waals surface area contributed by atoms with Crippen molar-refractivity contribution in [1.82, 2.24) is 4.98 Å². The van der Waals surface area contributed by atoms with E-state index >= 15 is 0 Å². The molecule has 1 heterocycles. The highest BCUT2D eigenvalue weighted by Crippen LogP contribution is 2.27. The molecule has 1 aromatic carbocycles. The summed E-state index contributed by atoms with van der Waals surface area (Å²) >= 11 is 4.63. The maximum absolute atomic E-state index is 12.1. The van der Waals surface area contributed by atoms with Crippen LogP contribution in [0.25, 0.3) is 0 Å². The first-order valence-corrected chi connectivity index (χ1v) is 6.89. The van der Waals surface area contributed by atoms with Crippen molar-refractivity contribution in [3.63, 3.8) is 0 Å². The van der Waals surface area contributed by atoms with Gasteiger partial charge >= 0.3 is 0 Å². The minimum absolute atomic E-state index is 0.277. The Balaban J connectivity index is 2.23. The number of carbonyl (C=O) groups is 1. The third-order valence-electron chi connectivity index (χ3n) is 2.35. The third kappa shape index (κ3) is 3.24. The van der Waals surface area contributed by atoms with Crippen LogP contribution in [-0.4, -0.2) is 25.1 Å². The number of rotatable bonds is 4. The molecule has 2 rings (SSSR count). The van der Waals surface area contributed by atoms with Gasteiger partial charge in [0.25, 0.3) is 5.91 Å². The Bertz CT molecular complexity index is 600. The molecule has 0 aliphatic carbocycles. The van der Waals surface area contributed by atoms with Crippen molar-refractivity contribution in [2.24, 2.45) is 0 Å². The lowest BCUT2D eigenvalue weighted by Crippen LogP contribution is -2.13. The van der Waals surface area contributed by atoms with Gasteiger partial charge in [-0.3, -0.25) is 10.1 Å². The van der Waals surface area contributed by atoms with E-state index in [-0.39, 0.29) is 5.91 Å². The summed E-state index contributed by atoms with van der Waals surface area (Å²) in [7, 11) is 3.06. The third-order valence-corrected chi connectivity index (χ3v) is 3.74. The minimum Gasteiger partial charge on any atom is -0.497 e.